The van der Waals surface area contributed by atoms with Crippen molar-refractivity contribution < 1.29 is 0 Å². The number of hydrogen-bond donors (Lipinski definition) is 0. The normalized spacial score (nSPS) is 13.2. The van der Waals surface area contributed by atoms with Gasteiger partial charge in [-0.15, -0.1) is 11.3 Å². The zero-order chi connectivity index (χ0) is 9.84. The van der Waals surface area contributed by atoms with Crippen molar-refractivity contribution >= 4 is 27.3 Å². The summed E-state index contributed by atoms with van der Waals surface area (Å²) < 4.78 is 0. The van der Waals surface area contributed by atoms with Crippen LogP contribution in [0.5, 0.6) is 0 Å². The lowest BCUT2D eigenvalue weighted by Gasteiger charge is -2.07. The molecule has 1 atom stereocenters. The van der Waals surface area contributed by atoms with Crippen LogP contribution < -0.4 is 0 Å². The van der Waals surface area contributed by atoms with E-state index in [9.17, 15) is 0 Å². The minimum Gasteiger partial charge on any atom is -0.246 e. The van der Waals surface area contributed by atoms with E-state index in [1.54, 1.807) is 0 Å². The average molecular weight is 262 g/mol. The van der Waals surface area contributed by atoms with Gasteiger partial charge in [-0.2, -0.15) is 0 Å². The number of aromatic nitrogens is 1. The monoisotopic (exact) mass is 261 g/mol. The maximum absolute atomic E-state index is 4.54. The fourth-order valence-electron chi connectivity index (χ4n) is 1.18. The molecule has 0 N–H and O–H groups in total. The first-order valence-corrected chi connectivity index (χ1v) is 6.60. The third kappa shape index (κ3) is 3.06. The Hall–Kier alpha value is 0.110. The summed E-state index contributed by atoms with van der Waals surface area (Å²) in [6.45, 7) is 6.47. The van der Waals surface area contributed by atoms with Gasteiger partial charge in [-0.25, -0.2) is 4.98 Å². The van der Waals surface area contributed by atoms with Crippen molar-refractivity contribution in [1.82, 2.24) is 4.98 Å². The molecule has 13 heavy (non-hydrogen) atoms. The lowest BCUT2D eigenvalue weighted by molar-refractivity contribution is 0.571. The van der Waals surface area contributed by atoms with Crippen molar-refractivity contribution in [2.24, 2.45) is 5.92 Å². The fraction of sp³-hybridized carbons (Fsp3) is 0.700. The van der Waals surface area contributed by atoms with Crippen molar-refractivity contribution in [2.75, 3.05) is 5.33 Å². The van der Waals surface area contributed by atoms with E-state index in [2.05, 4.69) is 41.7 Å². The van der Waals surface area contributed by atoms with Crippen molar-refractivity contribution in [3.05, 3.63) is 15.6 Å². The Labute approximate surface area is 92.7 Å². The van der Waals surface area contributed by atoms with Crippen LogP contribution in [-0.2, 0) is 6.42 Å². The van der Waals surface area contributed by atoms with E-state index in [0.717, 1.165) is 17.7 Å². The van der Waals surface area contributed by atoms with Crippen LogP contribution in [-0.4, -0.2) is 10.3 Å². The zero-order valence-electron chi connectivity index (χ0n) is 8.43. The predicted octanol–water partition coefficient (Wildman–Crippen LogP) is 3.72. The van der Waals surface area contributed by atoms with Gasteiger partial charge in [0.2, 0.25) is 0 Å². The molecule has 1 aromatic rings. The van der Waals surface area contributed by atoms with Gasteiger partial charge in [-0.1, -0.05) is 29.3 Å². The molecule has 74 valence electrons. The molecule has 0 spiro atoms. The van der Waals surface area contributed by atoms with Gasteiger partial charge < -0.3 is 0 Å². The zero-order valence-corrected chi connectivity index (χ0v) is 10.8. The minimum absolute atomic E-state index is 0.741. The van der Waals surface area contributed by atoms with E-state index < -0.39 is 0 Å². The summed E-state index contributed by atoms with van der Waals surface area (Å²) in [6, 6.07) is 0. The van der Waals surface area contributed by atoms with Crippen LogP contribution in [0, 0.1) is 19.8 Å². The van der Waals surface area contributed by atoms with Gasteiger partial charge in [0, 0.05) is 16.6 Å². The van der Waals surface area contributed by atoms with Crippen LogP contribution in [0.4, 0.5) is 0 Å². The molecule has 0 aliphatic carbocycles. The first kappa shape index (κ1) is 11.2. The van der Waals surface area contributed by atoms with Crippen LogP contribution in [0.2, 0.25) is 0 Å². The van der Waals surface area contributed by atoms with Crippen LogP contribution in [0.3, 0.4) is 0 Å². The van der Waals surface area contributed by atoms with Gasteiger partial charge in [-0.3, -0.25) is 0 Å². The molecule has 3 heteroatoms. The van der Waals surface area contributed by atoms with Crippen molar-refractivity contribution in [2.45, 2.75) is 33.6 Å². The van der Waals surface area contributed by atoms with Crippen molar-refractivity contribution in [3.63, 3.8) is 0 Å². The molecule has 1 unspecified atom stereocenters. The molecule has 0 aliphatic rings. The average Bonchev–Trinajstić information content (AvgIpc) is 2.42. The topological polar surface area (TPSA) is 12.9 Å². The van der Waals surface area contributed by atoms with Crippen LogP contribution in [0.1, 0.15) is 28.9 Å². The first-order valence-electron chi connectivity index (χ1n) is 4.66. The Morgan fingerprint density at radius 2 is 2.15 bits per heavy atom. The van der Waals surface area contributed by atoms with Gasteiger partial charge in [0.25, 0.3) is 0 Å². The lowest BCUT2D eigenvalue weighted by atomic mass is 10.1. The Bertz CT molecular complexity index is 246. The summed E-state index contributed by atoms with van der Waals surface area (Å²) in [6.07, 6.45) is 2.35. The molecule has 0 saturated carbocycles. The summed E-state index contributed by atoms with van der Waals surface area (Å²) in [7, 11) is 0. The molecule has 1 nitrogen and oxygen atoms in total. The molecule has 1 aromatic heterocycles. The highest BCUT2D eigenvalue weighted by Crippen LogP contribution is 2.21. The van der Waals surface area contributed by atoms with E-state index in [1.807, 2.05) is 11.3 Å². The van der Waals surface area contributed by atoms with Crippen LogP contribution in [0.15, 0.2) is 0 Å². The van der Waals surface area contributed by atoms with Crippen LogP contribution in [0.25, 0.3) is 0 Å². The molecule has 1 heterocycles. The van der Waals surface area contributed by atoms with Gasteiger partial charge in [-0.05, 0) is 19.8 Å². The predicted molar refractivity (Wildman–Crippen MR) is 62.9 cm³/mol. The van der Waals surface area contributed by atoms with Crippen molar-refractivity contribution in [3.8, 4) is 0 Å². The maximum Gasteiger partial charge on any atom is 0.0933 e. The van der Waals surface area contributed by atoms with E-state index in [-0.39, 0.29) is 0 Å². The van der Waals surface area contributed by atoms with Crippen LogP contribution >= 0.6 is 27.3 Å². The quantitative estimate of drug-likeness (QED) is 0.753. The SMILES string of the molecule is CCC(CBr)Cc1nc(C)c(C)s1. The maximum atomic E-state index is 4.54. The highest BCUT2D eigenvalue weighted by atomic mass is 79.9. The molecule has 0 saturated heterocycles. The molecule has 0 aromatic carbocycles. The van der Waals surface area contributed by atoms with Crippen molar-refractivity contribution in [1.29, 1.82) is 0 Å². The number of hydrogen-bond acceptors (Lipinski definition) is 2. The van der Waals surface area contributed by atoms with Gasteiger partial charge in [0.15, 0.2) is 0 Å². The molecule has 0 bridgehead atoms. The third-order valence-corrected chi connectivity index (χ3v) is 4.34. The third-order valence-electron chi connectivity index (χ3n) is 2.33. The summed E-state index contributed by atoms with van der Waals surface area (Å²) in [5.74, 6) is 0.741. The van der Waals surface area contributed by atoms with Gasteiger partial charge in [0.1, 0.15) is 0 Å². The molecule has 0 aliphatic heterocycles. The summed E-state index contributed by atoms with van der Waals surface area (Å²) in [4.78, 5) is 5.90. The molecule has 0 radical (unpaired) electrons. The number of aryl methyl sites for hydroxylation is 2. The lowest BCUT2D eigenvalue weighted by Crippen LogP contribution is -2.03. The summed E-state index contributed by atoms with van der Waals surface area (Å²) >= 11 is 5.38. The highest BCUT2D eigenvalue weighted by molar-refractivity contribution is 9.09. The second-order valence-corrected chi connectivity index (χ2v) is 5.32. The number of nitrogens with zero attached hydrogens (tertiary/aromatic N) is 1. The highest BCUT2D eigenvalue weighted by Gasteiger charge is 2.09. The van der Waals surface area contributed by atoms with E-state index in [0.29, 0.717) is 0 Å². The molecule has 0 amide bonds. The molecular formula is C10H16BrNS. The Kier molecular flexibility index (Phi) is 4.39. The Morgan fingerprint density at radius 3 is 2.54 bits per heavy atom. The van der Waals surface area contributed by atoms with E-state index in [4.69, 9.17) is 0 Å². The second kappa shape index (κ2) is 5.11. The minimum atomic E-state index is 0.741. The first-order chi connectivity index (χ1) is 6.17. The second-order valence-electron chi connectivity index (χ2n) is 3.38. The van der Waals surface area contributed by atoms with Gasteiger partial charge in [0.05, 0.1) is 10.7 Å². The number of alkyl halides is 1. The number of rotatable bonds is 4. The summed E-state index contributed by atoms with van der Waals surface area (Å²) in [5, 5.41) is 2.38. The van der Waals surface area contributed by atoms with E-state index >= 15 is 0 Å². The largest absolute Gasteiger partial charge is 0.246 e. The van der Waals surface area contributed by atoms with Gasteiger partial charge >= 0.3 is 0 Å². The smallest absolute Gasteiger partial charge is 0.0933 e. The Balaban J connectivity index is 2.62. The molecule has 1 rings (SSSR count). The summed E-state index contributed by atoms with van der Waals surface area (Å²) in [5.41, 5.74) is 1.20. The molecule has 0 fully saturated rings. The standard InChI is InChI=1S/C10H16BrNS/c1-4-9(6-11)5-10-12-7(2)8(3)13-10/h9H,4-6H2,1-3H3. The number of thiazole rings is 1. The number of halogens is 1. The van der Waals surface area contributed by atoms with E-state index in [1.165, 1.54) is 22.0 Å². The molecular weight excluding hydrogens is 246 g/mol. The fourth-order valence-corrected chi connectivity index (χ4v) is 2.92. The Morgan fingerprint density at radius 1 is 1.46 bits per heavy atom.